The number of amides is 1. The second-order valence-electron chi connectivity index (χ2n) is 6.80. The average Bonchev–Trinajstić information content (AvgIpc) is 2.56. The molecule has 25 heavy (non-hydrogen) atoms. The molecular weight excluding hydrogens is 314 g/mol. The van der Waals surface area contributed by atoms with Gasteiger partial charge in [-0.05, 0) is 32.0 Å². The van der Waals surface area contributed by atoms with E-state index in [4.69, 9.17) is 4.98 Å². The van der Waals surface area contributed by atoms with Gasteiger partial charge in [-0.2, -0.15) is 0 Å². The second kappa shape index (κ2) is 6.26. The normalized spacial score (nSPS) is 12.2. The predicted octanol–water partition coefficient (Wildman–Crippen LogP) is 3.27. The van der Waals surface area contributed by atoms with E-state index in [9.17, 15) is 9.90 Å². The summed E-state index contributed by atoms with van der Waals surface area (Å²) in [5.74, 6) is -0.0997. The zero-order valence-electron chi connectivity index (χ0n) is 14.8. The Morgan fingerprint density at radius 1 is 1.04 bits per heavy atom. The van der Waals surface area contributed by atoms with Crippen LogP contribution in [-0.4, -0.2) is 45.6 Å². The number of para-hydroxylation sites is 2. The van der Waals surface area contributed by atoms with Crippen molar-refractivity contribution >= 4 is 34.1 Å². The molecule has 0 fully saturated rings. The van der Waals surface area contributed by atoms with E-state index in [0.717, 1.165) is 11.1 Å². The molecule has 3 rings (SSSR count). The third kappa shape index (κ3) is 3.51. The third-order valence-electron chi connectivity index (χ3n) is 3.83. The zero-order valence-corrected chi connectivity index (χ0v) is 14.8. The standard InChI is InChI=1S/C20H21N3O2/c1-20(2,25)12-11-13-7-5-9-15-17(13)21-16-10-6-8-14(18(16)22-15)19(24)23(3)4/h5-12,25H,1-4H3/b12-11+. The summed E-state index contributed by atoms with van der Waals surface area (Å²) in [7, 11) is 3.43. The highest BCUT2D eigenvalue weighted by atomic mass is 16.3. The van der Waals surface area contributed by atoms with Crippen LogP contribution in [0.15, 0.2) is 42.5 Å². The number of benzene rings is 2. The molecule has 0 radical (unpaired) electrons. The van der Waals surface area contributed by atoms with Gasteiger partial charge in [0.1, 0.15) is 5.52 Å². The van der Waals surface area contributed by atoms with E-state index in [2.05, 4.69) is 4.98 Å². The smallest absolute Gasteiger partial charge is 0.255 e. The summed E-state index contributed by atoms with van der Waals surface area (Å²) < 4.78 is 0. The van der Waals surface area contributed by atoms with Gasteiger partial charge in [-0.25, -0.2) is 9.97 Å². The van der Waals surface area contributed by atoms with Gasteiger partial charge in [0.2, 0.25) is 0 Å². The lowest BCUT2D eigenvalue weighted by Crippen LogP contribution is -2.22. The molecule has 2 aromatic carbocycles. The highest BCUT2D eigenvalue weighted by molar-refractivity contribution is 6.06. The highest BCUT2D eigenvalue weighted by Gasteiger charge is 2.15. The summed E-state index contributed by atoms with van der Waals surface area (Å²) in [6.45, 7) is 3.43. The third-order valence-corrected chi connectivity index (χ3v) is 3.83. The summed E-state index contributed by atoms with van der Waals surface area (Å²) in [6.07, 6.45) is 3.57. The average molecular weight is 335 g/mol. The van der Waals surface area contributed by atoms with E-state index in [1.165, 1.54) is 4.90 Å². The Labute approximate surface area is 146 Å². The maximum Gasteiger partial charge on any atom is 0.255 e. The molecule has 1 heterocycles. The van der Waals surface area contributed by atoms with Crippen molar-refractivity contribution in [1.82, 2.24) is 14.9 Å². The Bertz CT molecular complexity index is 985. The molecule has 3 aromatic rings. The molecule has 0 aliphatic heterocycles. The van der Waals surface area contributed by atoms with E-state index in [-0.39, 0.29) is 5.91 Å². The van der Waals surface area contributed by atoms with Gasteiger partial charge in [-0.1, -0.05) is 30.4 Å². The quantitative estimate of drug-likeness (QED) is 0.746. The van der Waals surface area contributed by atoms with Crippen molar-refractivity contribution in [1.29, 1.82) is 0 Å². The van der Waals surface area contributed by atoms with E-state index < -0.39 is 5.60 Å². The van der Waals surface area contributed by atoms with Crippen LogP contribution in [0.5, 0.6) is 0 Å². The molecule has 0 aliphatic rings. The molecule has 0 aliphatic carbocycles. The largest absolute Gasteiger partial charge is 0.386 e. The first-order valence-corrected chi connectivity index (χ1v) is 8.09. The second-order valence-corrected chi connectivity index (χ2v) is 6.80. The number of fused-ring (bicyclic) bond motifs is 2. The first-order chi connectivity index (χ1) is 11.8. The maximum atomic E-state index is 12.4. The fourth-order valence-corrected chi connectivity index (χ4v) is 2.58. The monoisotopic (exact) mass is 335 g/mol. The Balaban J connectivity index is 2.24. The Kier molecular flexibility index (Phi) is 4.27. The molecule has 5 nitrogen and oxygen atoms in total. The number of nitrogens with zero attached hydrogens (tertiary/aromatic N) is 3. The van der Waals surface area contributed by atoms with Gasteiger partial charge in [0.05, 0.1) is 27.7 Å². The van der Waals surface area contributed by atoms with Crippen LogP contribution in [0.25, 0.3) is 28.1 Å². The van der Waals surface area contributed by atoms with Crippen molar-refractivity contribution in [3.05, 3.63) is 53.6 Å². The van der Waals surface area contributed by atoms with Gasteiger partial charge in [0.15, 0.2) is 0 Å². The lowest BCUT2D eigenvalue weighted by atomic mass is 10.1. The number of carbonyl (C=O) groups is 1. The number of aliphatic hydroxyl groups is 1. The highest BCUT2D eigenvalue weighted by Crippen LogP contribution is 2.23. The summed E-state index contributed by atoms with van der Waals surface area (Å²) in [5, 5.41) is 9.91. The first-order valence-electron chi connectivity index (χ1n) is 8.09. The molecule has 1 aromatic heterocycles. The molecule has 128 valence electrons. The van der Waals surface area contributed by atoms with Crippen molar-refractivity contribution in [3.63, 3.8) is 0 Å². The molecule has 0 spiro atoms. The number of hydrogen-bond acceptors (Lipinski definition) is 4. The zero-order chi connectivity index (χ0) is 18.2. The molecular formula is C20H21N3O2. The Morgan fingerprint density at radius 2 is 1.64 bits per heavy atom. The van der Waals surface area contributed by atoms with Crippen LogP contribution in [0.3, 0.4) is 0 Å². The maximum absolute atomic E-state index is 12.4. The van der Waals surface area contributed by atoms with Crippen LogP contribution >= 0.6 is 0 Å². The fraction of sp³-hybridized carbons (Fsp3) is 0.250. The van der Waals surface area contributed by atoms with E-state index in [0.29, 0.717) is 22.1 Å². The summed E-state index contributed by atoms with van der Waals surface area (Å²) in [4.78, 5) is 23.3. The molecule has 0 unspecified atom stereocenters. The van der Waals surface area contributed by atoms with E-state index in [1.54, 1.807) is 40.1 Å². The molecule has 0 bridgehead atoms. The molecule has 0 saturated carbocycles. The number of carbonyl (C=O) groups excluding carboxylic acids is 1. The molecule has 0 atom stereocenters. The van der Waals surface area contributed by atoms with Crippen molar-refractivity contribution in [2.75, 3.05) is 14.1 Å². The van der Waals surface area contributed by atoms with Crippen LogP contribution in [0, 0.1) is 0 Å². The van der Waals surface area contributed by atoms with Crippen LogP contribution in [0.4, 0.5) is 0 Å². The summed E-state index contributed by atoms with van der Waals surface area (Å²) in [6, 6.07) is 11.1. The number of hydrogen-bond donors (Lipinski definition) is 1. The minimum atomic E-state index is -0.905. The van der Waals surface area contributed by atoms with Crippen LogP contribution in [0.2, 0.25) is 0 Å². The lowest BCUT2D eigenvalue weighted by molar-refractivity contribution is 0.0829. The van der Waals surface area contributed by atoms with Gasteiger partial charge in [0, 0.05) is 19.7 Å². The van der Waals surface area contributed by atoms with E-state index in [1.807, 2.05) is 36.4 Å². The van der Waals surface area contributed by atoms with Gasteiger partial charge >= 0.3 is 0 Å². The predicted molar refractivity (Wildman–Crippen MR) is 100 cm³/mol. The summed E-state index contributed by atoms with van der Waals surface area (Å²) in [5.41, 5.74) is 3.22. The van der Waals surface area contributed by atoms with Gasteiger partial charge in [-0.3, -0.25) is 4.79 Å². The van der Waals surface area contributed by atoms with Gasteiger partial charge in [-0.15, -0.1) is 0 Å². The molecule has 1 N–H and O–H groups in total. The Morgan fingerprint density at radius 3 is 2.28 bits per heavy atom. The number of aromatic nitrogens is 2. The van der Waals surface area contributed by atoms with Crippen molar-refractivity contribution in [3.8, 4) is 0 Å². The molecule has 5 heteroatoms. The van der Waals surface area contributed by atoms with Crippen molar-refractivity contribution < 1.29 is 9.90 Å². The van der Waals surface area contributed by atoms with E-state index >= 15 is 0 Å². The minimum Gasteiger partial charge on any atom is -0.386 e. The SMILES string of the molecule is CN(C)C(=O)c1cccc2nc3c(/C=C/C(C)(C)O)cccc3nc12. The van der Waals surface area contributed by atoms with Crippen LogP contribution < -0.4 is 0 Å². The summed E-state index contributed by atoms with van der Waals surface area (Å²) >= 11 is 0. The minimum absolute atomic E-state index is 0.0997. The van der Waals surface area contributed by atoms with Gasteiger partial charge in [0.25, 0.3) is 5.91 Å². The fourth-order valence-electron chi connectivity index (χ4n) is 2.58. The van der Waals surface area contributed by atoms with Crippen molar-refractivity contribution in [2.45, 2.75) is 19.4 Å². The topological polar surface area (TPSA) is 66.3 Å². The molecule has 1 amide bonds. The van der Waals surface area contributed by atoms with Crippen molar-refractivity contribution in [2.24, 2.45) is 0 Å². The lowest BCUT2D eigenvalue weighted by Gasteiger charge is -2.13. The van der Waals surface area contributed by atoms with Crippen LogP contribution in [0.1, 0.15) is 29.8 Å². The molecule has 0 saturated heterocycles. The number of rotatable bonds is 3. The Hall–Kier alpha value is -2.79. The van der Waals surface area contributed by atoms with Gasteiger partial charge < -0.3 is 10.0 Å². The van der Waals surface area contributed by atoms with Crippen LogP contribution in [-0.2, 0) is 0 Å². The first kappa shape index (κ1) is 17.0.